The van der Waals surface area contributed by atoms with Crippen LogP contribution in [0.25, 0.3) is 0 Å². The first-order chi connectivity index (χ1) is 8.31. The predicted octanol–water partition coefficient (Wildman–Crippen LogP) is 2.97. The van der Waals surface area contributed by atoms with Crippen LogP contribution in [0.1, 0.15) is 18.4 Å². The molecule has 0 bridgehead atoms. The van der Waals surface area contributed by atoms with Gasteiger partial charge in [0.2, 0.25) is 0 Å². The predicted molar refractivity (Wildman–Crippen MR) is 74.3 cm³/mol. The number of alkyl halides is 1. The second-order valence-electron chi connectivity index (χ2n) is 3.76. The molecular weight excluding hydrogens is 282 g/mol. The van der Waals surface area contributed by atoms with E-state index in [0.717, 1.165) is 29.9 Å². The van der Waals surface area contributed by atoms with Gasteiger partial charge < -0.3 is 14.8 Å². The lowest BCUT2D eigenvalue weighted by Gasteiger charge is -2.10. The lowest BCUT2D eigenvalue weighted by atomic mass is 10.2. The fourth-order valence-corrected chi connectivity index (χ4v) is 1.96. The van der Waals surface area contributed by atoms with E-state index in [-0.39, 0.29) is 0 Å². The highest BCUT2D eigenvalue weighted by molar-refractivity contribution is 9.09. The Morgan fingerprint density at radius 1 is 1.12 bits per heavy atom. The molecule has 0 spiro atoms. The molecule has 0 saturated carbocycles. The average molecular weight is 302 g/mol. The first-order valence-corrected chi connectivity index (χ1v) is 6.91. The van der Waals surface area contributed by atoms with E-state index in [2.05, 4.69) is 27.3 Å². The van der Waals surface area contributed by atoms with Crippen LogP contribution in [0.15, 0.2) is 18.2 Å². The largest absolute Gasteiger partial charge is 0.493 e. The summed E-state index contributed by atoms with van der Waals surface area (Å²) in [5, 5.41) is 4.48. The first kappa shape index (κ1) is 14.3. The SMILES string of the molecule is COc1ccc(CNCCCCBr)cc1OC. The minimum Gasteiger partial charge on any atom is -0.493 e. The summed E-state index contributed by atoms with van der Waals surface area (Å²) in [5.41, 5.74) is 1.21. The van der Waals surface area contributed by atoms with Crippen molar-refractivity contribution in [2.45, 2.75) is 19.4 Å². The molecule has 1 rings (SSSR count). The van der Waals surface area contributed by atoms with Gasteiger partial charge in [0, 0.05) is 11.9 Å². The molecule has 96 valence electrons. The number of halogens is 1. The second-order valence-corrected chi connectivity index (χ2v) is 4.56. The molecule has 0 aliphatic carbocycles. The Morgan fingerprint density at radius 2 is 1.88 bits per heavy atom. The normalized spacial score (nSPS) is 10.3. The van der Waals surface area contributed by atoms with E-state index in [4.69, 9.17) is 9.47 Å². The minimum absolute atomic E-state index is 0.774. The molecule has 0 aliphatic heterocycles. The monoisotopic (exact) mass is 301 g/mol. The van der Waals surface area contributed by atoms with E-state index in [1.807, 2.05) is 12.1 Å². The summed E-state index contributed by atoms with van der Waals surface area (Å²) >= 11 is 3.42. The van der Waals surface area contributed by atoms with Gasteiger partial charge in [-0.3, -0.25) is 0 Å². The maximum Gasteiger partial charge on any atom is 0.161 e. The second kappa shape index (κ2) is 8.37. The molecule has 0 heterocycles. The van der Waals surface area contributed by atoms with Crippen LogP contribution in [0.2, 0.25) is 0 Å². The summed E-state index contributed by atoms with van der Waals surface area (Å²) in [4.78, 5) is 0. The third-order valence-electron chi connectivity index (χ3n) is 2.51. The molecule has 3 nitrogen and oxygen atoms in total. The number of nitrogens with one attached hydrogen (secondary N) is 1. The van der Waals surface area contributed by atoms with Crippen LogP contribution >= 0.6 is 15.9 Å². The summed E-state index contributed by atoms with van der Waals surface area (Å²) in [6.45, 7) is 1.91. The molecule has 0 atom stereocenters. The van der Waals surface area contributed by atoms with Crippen molar-refractivity contribution in [1.82, 2.24) is 5.32 Å². The lowest BCUT2D eigenvalue weighted by molar-refractivity contribution is 0.354. The number of methoxy groups -OCH3 is 2. The highest BCUT2D eigenvalue weighted by Gasteiger charge is 2.03. The lowest BCUT2D eigenvalue weighted by Crippen LogP contribution is -2.14. The molecule has 1 N–H and O–H groups in total. The van der Waals surface area contributed by atoms with E-state index >= 15 is 0 Å². The zero-order chi connectivity index (χ0) is 12.5. The van der Waals surface area contributed by atoms with Crippen molar-refractivity contribution in [2.75, 3.05) is 26.1 Å². The van der Waals surface area contributed by atoms with Crippen LogP contribution in [-0.4, -0.2) is 26.1 Å². The Labute approximate surface area is 112 Å². The molecule has 1 aromatic rings. The topological polar surface area (TPSA) is 30.5 Å². The van der Waals surface area contributed by atoms with Gasteiger partial charge in [-0.05, 0) is 37.1 Å². The van der Waals surface area contributed by atoms with Crippen molar-refractivity contribution in [3.05, 3.63) is 23.8 Å². The van der Waals surface area contributed by atoms with Gasteiger partial charge in [0.15, 0.2) is 11.5 Å². The van der Waals surface area contributed by atoms with Gasteiger partial charge in [-0.25, -0.2) is 0 Å². The van der Waals surface area contributed by atoms with Crippen molar-refractivity contribution in [3.63, 3.8) is 0 Å². The number of hydrogen-bond donors (Lipinski definition) is 1. The number of benzene rings is 1. The van der Waals surface area contributed by atoms with Gasteiger partial charge in [0.05, 0.1) is 14.2 Å². The summed E-state index contributed by atoms with van der Waals surface area (Å²) in [6, 6.07) is 6.00. The Kier molecular flexibility index (Phi) is 7.05. The zero-order valence-electron chi connectivity index (χ0n) is 10.5. The van der Waals surface area contributed by atoms with E-state index < -0.39 is 0 Å². The standard InChI is InChI=1S/C13H20BrNO2/c1-16-12-6-5-11(9-13(12)17-2)10-15-8-4-3-7-14/h5-6,9,15H,3-4,7-8,10H2,1-2H3. The molecule has 17 heavy (non-hydrogen) atoms. The Balaban J connectivity index is 2.43. The van der Waals surface area contributed by atoms with Gasteiger partial charge in [0.1, 0.15) is 0 Å². The van der Waals surface area contributed by atoms with Crippen LogP contribution in [-0.2, 0) is 6.54 Å². The van der Waals surface area contributed by atoms with Crippen LogP contribution in [0.5, 0.6) is 11.5 Å². The summed E-state index contributed by atoms with van der Waals surface area (Å²) in [5.74, 6) is 1.56. The third kappa shape index (κ3) is 4.96. The first-order valence-electron chi connectivity index (χ1n) is 5.79. The van der Waals surface area contributed by atoms with Crippen molar-refractivity contribution >= 4 is 15.9 Å². The van der Waals surface area contributed by atoms with Crippen molar-refractivity contribution in [3.8, 4) is 11.5 Å². The molecule has 0 radical (unpaired) electrons. The average Bonchev–Trinajstić information content (AvgIpc) is 2.38. The number of hydrogen-bond acceptors (Lipinski definition) is 3. The van der Waals surface area contributed by atoms with E-state index in [1.165, 1.54) is 18.4 Å². The maximum atomic E-state index is 5.26. The molecule has 0 saturated heterocycles. The van der Waals surface area contributed by atoms with E-state index in [1.54, 1.807) is 14.2 Å². The van der Waals surface area contributed by atoms with Crippen LogP contribution in [0, 0.1) is 0 Å². The van der Waals surface area contributed by atoms with Gasteiger partial charge in [0.25, 0.3) is 0 Å². The van der Waals surface area contributed by atoms with Crippen molar-refractivity contribution < 1.29 is 9.47 Å². The smallest absolute Gasteiger partial charge is 0.161 e. The van der Waals surface area contributed by atoms with Gasteiger partial charge in [-0.15, -0.1) is 0 Å². The van der Waals surface area contributed by atoms with Crippen LogP contribution in [0.3, 0.4) is 0 Å². The maximum absolute atomic E-state index is 5.26. The molecule has 0 amide bonds. The molecule has 4 heteroatoms. The zero-order valence-corrected chi connectivity index (χ0v) is 12.0. The molecule has 0 aliphatic rings. The van der Waals surface area contributed by atoms with Gasteiger partial charge >= 0.3 is 0 Å². The summed E-state index contributed by atoms with van der Waals surface area (Å²) in [7, 11) is 3.31. The number of rotatable bonds is 8. The third-order valence-corrected chi connectivity index (χ3v) is 3.07. The molecular formula is C13H20BrNO2. The quantitative estimate of drug-likeness (QED) is 0.591. The fourth-order valence-electron chi connectivity index (χ4n) is 1.57. The van der Waals surface area contributed by atoms with Crippen LogP contribution < -0.4 is 14.8 Å². The van der Waals surface area contributed by atoms with Crippen LogP contribution in [0.4, 0.5) is 0 Å². The number of ether oxygens (including phenoxy) is 2. The summed E-state index contributed by atoms with van der Waals surface area (Å²) in [6.07, 6.45) is 2.40. The minimum atomic E-state index is 0.774. The molecule has 0 aromatic heterocycles. The van der Waals surface area contributed by atoms with E-state index in [9.17, 15) is 0 Å². The Hall–Kier alpha value is -0.740. The van der Waals surface area contributed by atoms with Gasteiger partial charge in [-0.1, -0.05) is 22.0 Å². The van der Waals surface area contributed by atoms with Crippen molar-refractivity contribution in [1.29, 1.82) is 0 Å². The molecule has 0 fully saturated rings. The Morgan fingerprint density at radius 3 is 2.53 bits per heavy atom. The molecule has 0 unspecified atom stereocenters. The van der Waals surface area contributed by atoms with E-state index in [0.29, 0.717) is 0 Å². The van der Waals surface area contributed by atoms with Crippen molar-refractivity contribution in [2.24, 2.45) is 0 Å². The highest BCUT2D eigenvalue weighted by Crippen LogP contribution is 2.27. The summed E-state index contributed by atoms with van der Waals surface area (Å²) < 4.78 is 10.5. The number of unbranched alkanes of at least 4 members (excludes halogenated alkanes) is 1. The molecule has 1 aromatic carbocycles. The fraction of sp³-hybridized carbons (Fsp3) is 0.538. The Bertz CT molecular complexity index is 331. The van der Waals surface area contributed by atoms with Gasteiger partial charge in [-0.2, -0.15) is 0 Å². The highest BCUT2D eigenvalue weighted by atomic mass is 79.9.